The highest BCUT2D eigenvalue weighted by Gasteiger charge is 1.99. The maximum absolute atomic E-state index is 11.6. The molecular formula is C10H19FN2O4. The Kier molecular flexibility index (Phi) is 9.98. The van der Waals surface area contributed by atoms with Gasteiger partial charge in [0.15, 0.2) is 0 Å². The van der Waals surface area contributed by atoms with Gasteiger partial charge in [0.2, 0.25) is 0 Å². The summed E-state index contributed by atoms with van der Waals surface area (Å²) in [5.74, 6) is 0. The number of carbonyl (C=O) groups is 2. The second-order valence-corrected chi connectivity index (χ2v) is 3.40. The molecule has 0 aliphatic heterocycles. The number of rotatable bonds is 9. The number of alkyl halides is 1. The number of carbonyl (C=O) groups excluding carboxylic acids is 1. The van der Waals surface area contributed by atoms with Crippen LogP contribution in [0.1, 0.15) is 25.7 Å². The number of hydrogen-bond acceptors (Lipinski definition) is 3. The van der Waals surface area contributed by atoms with Crippen LogP contribution in [0, 0.1) is 0 Å². The third kappa shape index (κ3) is 12.4. The third-order valence-corrected chi connectivity index (χ3v) is 1.96. The summed E-state index contributed by atoms with van der Waals surface area (Å²) in [6.45, 7) is 0.0372. The number of alkyl carbamates (subject to hydrolysis) is 1. The van der Waals surface area contributed by atoms with Gasteiger partial charge in [-0.05, 0) is 12.8 Å². The van der Waals surface area contributed by atoms with Gasteiger partial charge in [0, 0.05) is 13.1 Å². The molecule has 0 unspecified atom stereocenters. The van der Waals surface area contributed by atoms with E-state index in [0.29, 0.717) is 13.1 Å². The minimum Gasteiger partial charge on any atom is -0.465 e. The number of halogens is 1. The van der Waals surface area contributed by atoms with E-state index < -0.39 is 18.9 Å². The molecule has 3 N–H and O–H groups in total. The second-order valence-electron chi connectivity index (χ2n) is 3.40. The van der Waals surface area contributed by atoms with Crippen LogP contribution in [-0.4, -0.2) is 43.7 Å². The van der Waals surface area contributed by atoms with E-state index in [1.807, 2.05) is 0 Å². The van der Waals surface area contributed by atoms with Crippen molar-refractivity contribution in [3.8, 4) is 0 Å². The van der Waals surface area contributed by atoms with Gasteiger partial charge in [0.25, 0.3) is 0 Å². The molecule has 0 aromatic heterocycles. The Morgan fingerprint density at radius 1 is 1.06 bits per heavy atom. The Balaban J connectivity index is 3.12. The fourth-order valence-corrected chi connectivity index (χ4v) is 1.17. The maximum atomic E-state index is 11.6. The lowest BCUT2D eigenvalue weighted by Gasteiger charge is -2.05. The maximum Gasteiger partial charge on any atom is 0.407 e. The largest absolute Gasteiger partial charge is 0.465 e. The monoisotopic (exact) mass is 250 g/mol. The van der Waals surface area contributed by atoms with E-state index in [-0.39, 0.29) is 6.61 Å². The number of nitrogens with one attached hydrogen (secondary N) is 2. The van der Waals surface area contributed by atoms with Gasteiger partial charge in [0.05, 0.1) is 0 Å². The molecule has 0 atom stereocenters. The predicted molar refractivity (Wildman–Crippen MR) is 59.8 cm³/mol. The molecule has 0 aromatic rings. The second kappa shape index (κ2) is 11.0. The van der Waals surface area contributed by atoms with Crippen molar-refractivity contribution in [1.82, 2.24) is 10.6 Å². The van der Waals surface area contributed by atoms with Crippen LogP contribution in [0.2, 0.25) is 0 Å². The molecule has 6 nitrogen and oxygen atoms in total. The molecule has 2 amide bonds. The molecule has 0 saturated heterocycles. The van der Waals surface area contributed by atoms with Crippen LogP contribution in [0.4, 0.5) is 14.0 Å². The minimum absolute atomic E-state index is 0.216. The first kappa shape index (κ1) is 15.5. The summed E-state index contributed by atoms with van der Waals surface area (Å²) in [5, 5.41) is 13.0. The van der Waals surface area contributed by atoms with E-state index in [1.54, 1.807) is 0 Å². The van der Waals surface area contributed by atoms with Crippen molar-refractivity contribution in [2.45, 2.75) is 25.7 Å². The molecule has 0 aliphatic rings. The summed E-state index contributed by atoms with van der Waals surface area (Å²) in [7, 11) is 0. The summed E-state index contributed by atoms with van der Waals surface area (Å²) in [4.78, 5) is 20.9. The van der Waals surface area contributed by atoms with Crippen LogP contribution in [0.3, 0.4) is 0 Å². The Morgan fingerprint density at radius 2 is 1.65 bits per heavy atom. The lowest BCUT2D eigenvalue weighted by molar-refractivity contribution is 0.137. The molecule has 0 aromatic carbocycles. The van der Waals surface area contributed by atoms with Crippen LogP contribution >= 0.6 is 0 Å². The fraction of sp³-hybridized carbons (Fsp3) is 0.800. The highest BCUT2D eigenvalue weighted by Crippen LogP contribution is 1.97. The van der Waals surface area contributed by atoms with Gasteiger partial charge in [-0.2, -0.15) is 0 Å². The fourth-order valence-electron chi connectivity index (χ4n) is 1.17. The molecule has 0 saturated carbocycles. The highest BCUT2D eigenvalue weighted by atomic mass is 19.1. The van der Waals surface area contributed by atoms with Crippen molar-refractivity contribution in [3.05, 3.63) is 0 Å². The zero-order valence-electron chi connectivity index (χ0n) is 9.71. The van der Waals surface area contributed by atoms with Crippen LogP contribution in [-0.2, 0) is 4.74 Å². The summed E-state index contributed by atoms with van der Waals surface area (Å²) in [5.41, 5.74) is 0. The Hall–Kier alpha value is -1.53. The van der Waals surface area contributed by atoms with Gasteiger partial charge in [-0.1, -0.05) is 12.8 Å². The summed E-state index contributed by atoms with van der Waals surface area (Å²) in [6.07, 6.45) is 1.74. The zero-order chi connectivity index (χ0) is 12.9. The Labute approximate surface area is 99.5 Å². The van der Waals surface area contributed by atoms with Crippen LogP contribution < -0.4 is 10.6 Å². The van der Waals surface area contributed by atoms with E-state index in [1.165, 1.54) is 0 Å². The predicted octanol–water partition coefficient (Wildman–Crippen LogP) is 1.51. The summed E-state index contributed by atoms with van der Waals surface area (Å²) < 4.78 is 16.1. The molecule has 0 rings (SSSR count). The molecule has 0 bridgehead atoms. The molecule has 17 heavy (non-hydrogen) atoms. The highest BCUT2D eigenvalue weighted by molar-refractivity contribution is 5.67. The third-order valence-electron chi connectivity index (χ3n) is 1.96. The van der Waals surface area contributed by atoms with Crippen LogP contribution in [0.25, 0.3) is 0 Å². The van der Waals surface area contributed by atoms with Crippen molar-refractivity contribution >= 4 is 12.2 Å². The standard InChI is InChI=1S/C10H19FN2O4/c11-5-8-17-10(16)13-7-4-2-1-3-6-12-9(14)15/h12H,1-8H2,(H,13,16)(H,14,15). The van der Waals surface area contributed by atoms with E-state index in [4.69, 9.17) is 5.11 Å². The molecule has 0 aliphatic carbocycles. The van der Waals surface area contributed by atoms with E-state index >= 15 is 0 Å². The number of amides is 2. The average molecular weight is 250 g/mol. The first-order valence-corrected chi connectivity index (χ1v) is 5.60. The van der Waals surface area contributed by atoms with Crippen molar-refractivity contribution in [2.24, 2.45) is 0 Å². The number of carboxylic acid groups (broad SMARTS) is 1. The van der Waals surface area contributed by atoms with Crippen LogP contribution in [0.5, 0.6) is 0 Å². The number of unbranched alkanes of at least 4 members (excludes halogenated alkanes) is 3. The Morgan fingerprint density at radius 3 is 2.18 bits per heavy atom. The number of ether oxygens (including phenoxy) is 1. The van der Waals surface area contributed by atoms with E-state index in [2.05, 4.69) is 15.4 Å². The van der Waals surface area contributed by atoms with Gasteiger partial charge >= 0.3 is 12.2 Å². The van der Waals surface area contributed by atoms with Gasteiger partial charge in [-0.25, -0.2) is 14.0 Å². The average Bonchev–Trinajstić information content (AvgIpc) is 2.29. The Bertz CT molecular complexity index is 226. The normalized spacial score (nSPS) is 9.71. The molecule has 0 fully saturated rings. The van der Waals surface area contributed by atoms with E-state index in [9.17, 15) is 14.0 Å². The lowest BCUT2D eigenvalue weighted by Crippen LogP contribution is -2.26. The lowest BCUT2D eigenvalue weighted by atomic mass is 10.2. The first-order valence-electron chi connectivity index (χ1n) is 5.60. The molecule has 7 heteroatoms. The molecule has 0 radical (unpaired) electrons. The minimum atomic E-state index is -1.01. The molecule has 100 valence electrons. The quantitative estimate of drug-likeness (QED) is 0.541. The smallest absolute Gasteiger partial charge is 0.407 e. The summed E-state index contributed by atoms with van der Waals surface area (Å²) in [6, 6.07) is 0. The van der Waals surface area contributed by atoms with Crippen LogP contribution in [0.15, 0.2) is 0 Å². The van der Waals surface area contributed by atoms with Gasteiger partial charge in [0.1, 0.15) is 13.3 Å². The topological polar surface area (TPSA) is 87.7 Å². The van der Waals surface area contributed by atoms with Gasteiger partial charge < -0.3 is 20.5 Å². The zero-order valence-corrected chi connectivity index (χ0v) is 9.71. The van der Waals surface area contributed by atoms with Gasteiger partial charge in [-0.3, -0.25) is 0 Å². The number of hydrogen-bond donors (Lipinski definition) is 3. The van der Waals surface area contributed by atoms with Crippen molar-refractivity contribution < 1.29 is 23.8 Å². The van der Waals surface area contributed by atoms with Gasteiger partial charge in [-0.15, -0.1) is 0 Å². The van der Waals surface area contributed by atoms with Crippen molar-refractivity contribution in [2.75, 3.05) is 26.4 Å². The van der Waals surface area contributed by atoms with E-state index in [0.717, 1.165) is 25.7 Å². The SMILES string of the molecule is O=C(O)NCCCCCCNC(=O)OCCF. The first-order chi connectivity index (χ1) is 8.16. The summed E-state index contributed by atoms with van der Waals surface area (Å²) >= 11 is 0. The van der Waals surface area contributed by atoms with Crippen molar-refractivity contribution in [1.29, 1.82) is 0 Å². The molecule has 0 spiro atoms. The molecule has 0 heterocycles. The molecular weight excluding hydrogens is 231 g/mol. The van der Waals surface area contributed by atoms with Crippen molar-refractivity contribution in [3.63, 3.8) is 0 Å².